The van der Waals surface area contributed by atoms with Crippen molar-refractivity contribution in [3.05, 3.63) is 53.1 Å². The monoisotopic (exact) mass is 276 g/mol. The second-order valence-corrected chi connectivity index (χ2v) is 6.62. The van der Waals surface area contributed by atoms with E-state index in [1.54, 1.807) is 0 Å². The van der Waals surface area contributed by atoms with Crippen molar-refractivity contribution in [2.45, 2.75) is 31.5 Å². The standard InChI is InChI=1S/C15H17Br/c1-11-9-15(3,16)10-12(2)14(11)13-7-5-4-6-8-13/h4-9H,10H2,1-3H3. The average Bonchev–Trinajstić information content (AvgIpc) is 2.16. The largest absolute Gasteiger partial charge is 0.0807 e. The SMILES string of the molecule is CC1=CC(C)(Br)CC(C)=C1c1ccccc1. The van der Waals surface area contributed by atoms with E-state index in [1.807, 2.05) is 0 Å². The lowest BCUT2D eigenvalue weighted by atomic mass is 9.83. The van der Waals surface area contributed by atoms with Gasteiger partial charge in [-0.2, -0.15) is 0 Å². The Balaban J connectivity index is 2.47. The summed E-state index contributed by atoms with van der Waals surface area (Å²) in [5.41, 5.74) is 5.58. The van der Waals surface area contributed by atoms with Crippen LogP contribution < -0.4 is 0 Å². The molecular formula is C15H17Br. The molecule has 1 heteroatoms. The minimum Gasteiger partial charge on any atom is -0.0807 e. The first-order chi connectivity index (χ1) is 7.49. The molecule has 1 aromatic carbocycles. The minimum atomic E-state index is 0.124. The summed E-state index contributed by atoms with van der Waals surface area (Å²) in [7, 11) is 0. The lowest BCUT2D eigenvalue weighted by Gasteiger charge is -2.28. The van der Waals surface area contributed by atoms with Gasteiger partial charge in [0.1, 0.15) is 0 Å². The number of allylic oxidation sites excluding steroid dienone is 4. The summed E-state index contributed by atoms with van der Waals surface area (Å²) in [6.07, 6.45) is 3.40. The maximum absolute atomic E-state index is 3.76. The van der Waals surface area contributed by atoms with Crippen molar-refractivity contribution in [1.29, 1.82) is 0 Å². The molecule has 1 aliphatic carbocycles. The Labute approximate surface area is 106 Å². The molecule has 0 nitrogen and oxygen atoms in total. The maximum Gasteiger partial charge on any atom is 0.0451 e. The average molecular weight is 277 g/mol. The molecule has 0 heterocycles. The molecule has 1 aliphatic rings. The van der Waals surface area contributed by atoms with Crippen LogP contribution in [0, 0.1) is 0 Å². The van der Waals surface area contributed by atoms with Crippen LogP contribution in [0.5, 0.6) is 0 Å². The third-order valence-corrected chi connectivity index (χ3v) is 3.52. The molecule has 0 radical (unpaired) electrons. The molecule has 0 aliphatic heterocycles. The van der Waals surface area contributed by atoms with Gasteiger partial charge in [-0.1, -0.05) is 57.9 Å². The summed E-state index contributed by atoms with van der Waals surface area (Å²) < 4.78 is 0.124. The fourth-order valence-electron chi connectivity index (χ4n) is 2.60. The molecule has 1 aromatic rings. The summed E-state index contributed by atoms with van der Waals surface area (Å²) in [6.45, 7) is 6.66. The highest BCUT2D eigenvalue weighted by Gasteiger charge is 2.25. The van der Waals surface area contributed by atoms with E-state index in [9.17, 15) is 0 Å². The second kappa shape index (κ2) is 4.21. The lowest BCUT2D eigenvalue weighted by Crippen LogP contribution is -2.17. The van der Waals surface area contributed by atoms with Gasteiger partial charge < -0.3 is 0 Å². The predicted octanol–water partition coefficient (Wildman–Crippen LogP) is 4.96. The molecule has 16 heavy (non-hydrogen) atoms. The Morgan fingerprint density at radius 2 is 1.75 bits per heavy atom. The van der Waals surface area contributed by atoms with Crippen molar-refractivity contribution < 1.29 is 0 Å². The number of benzene rings is 1. The second-order valence-electron chi connectivity index (χ2n) is 4.80. The van der Waals surface area contributed by atoms with Crippen molar-refractivity contribution in [3.63, 3.8) is 0 Å². The van der Waals surface area contributed by atoms with Crippen molar-refractivity contribution >= 4 is 21.5 Å². The van der Waals surface area contributed by atoms with Crippen LogP contribution in [0.15, 0.2) is 47.6 Å². The van der Waals surface area contributed by atoms with E-state index < -0.39 is 0 Å². The van der Waals surface area contributed by atoms with Crippen LogP contribution in [-0.2, 0) is 0 Å². The molecule has 0 aromatic heterocycles. The van der Waals surface area contributed by atoms with E-state index in [-0.39, 0.29) is 4.32 Å². The molecule has 84 valence electrons. The van der Waals surface area contributed by atoms with Gasteiger partial charge in [-0.3, -0.25) is 0 Å². The van der Waals surface area contributed by atoms with E-state index >= 15 is 0 Å². The molecule has 2 rings (SSSR count). The summed E-state index contributed by atoms with van der Waals surface area (Å²) >= 11 is 3.76. The van der Waals surface area contributed by atoms with Crippen molar-refractivity contribution in [2.75, 3.05) is 0 Å². The Kier molecular flexibility index (Phi) is 3.07. The zero-order valence-corrected chi connectivity index (χ0v) is 11.6. The van der Waals surface area contributed by atoms with Crippen LogP contribution in [-0.4, -0.2) is 4.32 Å². The molecule has 0 saturated heterocycles. The summed E-state index contributed by atoms with van der Waals surface area (Å²) in [6, 6.07) is 10.6. The third kappa shape index (κ3) is 2.30. The van der Waals surface area contributed by atoms with Gasteiger partial charge in [-0.15, -0.1) is 0 Å². The molecule has 1 atom stereocenters. The number of halogens is 1. The van der Waals surface area contributed by atoms with E-state index in [4.69, 9.17) is 0 Å². The van der Waals surface area contributed by atoms with Crippen LogP contribution in [0.2, 0.25) is 0 Å². The van der Waals surface area contributed by atoms with Crippen molar-refractivity contribution in [1.82, 2.24) is 0 Å². The molecule has 0 N–H and O–H groups in total. The van der Waals surface area contributed by atoms with Gasteiger partial charge in [0.15, 0.2) is 0 Å². The first kappa shape index (κ1) is 11.7. The van der Waals surface area contributed by atoms with Crippen LogP contribution in [0.3, 0.4) is 0 Å². The number of hydrogen-bond acceptors (Lipinski definition) is 0. The highest BCUT2D eigenvalue weighted by atomic mass is 79.9. The first-order valence-electron chi connectivity index (χ1n) is 5.63. The minimum absolute atomic E-state index is 0.124. The van der Waals surface area contributed by atoms with Crippen molar-refractivity contribution in [3.8, 4) is 0 Å². The van der Waals surface area contributed by atoms with E-state index in [1.165, 1.54) is 22.3 Å². The summed E-state index contributed by atoms with van der Waals surface area (Å²) in [5, 5.41) is 0. The fourth-order valence-corrected chi connectivity index (χ4v) is 3.36. The number of rotatable bonds is 1. The molecule has 0 saturated carbocycles. The Bertz CT molecular complexity index is 450. The number of hydrogen-bond donors (Lipinski definition) is 0. The van der Waals surface area contributed by atoms with Crippen LogP contribution >= 0.6 is 15.9 Å². The van der Waals surface area contributed by atoms with Gasteiger partial charge >= 0.3 is 0 Å². The Morgan fingerprint density at radius 3 is 2.31 bits per heavy atom. The molecule has 0 spiro atoms. The first-order valence-corrected chi connectivity index (χ1v) is 6.43. The zero-order chi connectivity index (χ0) is 11.8. The van der Waals surface area contributed by atoms with Crippen LogP contribution in [0.4, 0.5) is 0 Å². The van der Waals surface area contributed by atoms with E-state index in [0.717, 1.165) is 6.42 Å². The topological polar surface area (TPSA) is 0 Å². The summed E-state index contributed by atoms with van der Waals surface area (Å²) in [4.78, 5) is 0. The Hall–Kier alpha value is -0.820. The van der Waals surface area contributed by atoms with Gasteiger partial charge in [0.05, 0.1) is 0 Å². The maximum atomic E-state index is 3.76. The van der Waals surface area contributed by atoms with Gasteiger partial charge in [-0.25, -0.2) is 0 Å². The number of alkyl halides is 1. The van der Waals surface area contributed by atoms with Crippen LogP contribution in [0.1, 0.15) is 32.8 Å². The highest BCUT2D eigenvalue weighted by Crippen LogP contribution is 2.40. The third-order valence-electron chi connectivity index (χ3n) is 3.01. The Morgan fingerprint density at radius 1 is 1.12 bits per heavy atom. The zero-order valence-electron chi connectivity index (χ0n) is 10.0. The smallest absolute Gasteiger partial charge is 0.0451 e. The lowest BCUT2D eigenvalue weighted by molar-refractivity contribution is 0.775. The molecular weight excluding hydrogens is 260 g/mol. The highest BCUT2D eigenvalue weighted by molar-refractivity contribution is 9.10. The van der Waals surface area contributed by atoms with Crippen LogP contribution in [0.25, 0.3) is 5.57 Å². The molecule has 0 bridgehead atoms. The predicted molar refractivity (Wildman–Crippen MR) is 74.7 cm³/mol. The van der Waals surface area contributed by atoms with Crippen molar-refractivity contribution in [2.24, 2.45) is 0 Å². The van der Waals surface area contributed by atoms with Gasteiger partial charge in [-0.05, 0) is 43.9 Å². The molecule has 1 unspecified atom stereocenters. The van der Waals surface area contributed by atoms with Gasteiger partial charge in [0, 0.05) is 4.32 Å². The van der Waals surface area contributed by atoms with Gasteiger partial charge in [0.25, 0.3) is 0 Å². The molecule has 0 fully saturated rings. The van der Waals surface area contributed by atoms with Gasteiger partial charge in [0.2, 0.25) is 0 Å². The summed E-state index contributed by atoms with van der Waals surface area (Å²) in [5.74, 6) is 0. The van der Waals surface area contributed by atoms with E-state index in [2.05, 4.69) is 73.1 Å². The normalized spacial score (nSPS) is 25.6. The van der Waals surface area contributed by atoms with E-state index in [0.29, 0.717) is 0 Å². The fraction of sp³-hybridized carbons (Fsp3) is 0.333. The molecule has 0 amide bonds. The quantitative estimate of drug-likeness (QED) is 0.636.